The topological polar surface area (TPSA) is 64.9 Å². The number of hydrogen-bond donors (Lipinski definition) is 1. The largest absolute Gasteiger partial charge is 0.423 e. The lowest BCUT2D eigenvalue weighted by Gasteiger charge is -1.97. The molecule has 0 aliphatic heterocycles. The molecule has 0 aliphatic rings. The summed E-state index contributed by atoms with van der Waals surface area (Å²) in [6, 6.07) is 5.90. The van der Waals surface area contributed by atoms with Crippen LogP contribution in [0.1, 0.15) is 30.3 Å². The van der Waals surface area contributed by atoms with Gasteiger partial charge in [-0.1, -0.05) is 12.1 Å². The fourth-order valence-electron chi connectivity index (χ4n) is 1.30. The summed E-state index contributed by atoms with van der Waals surface area (Å²) in [5, 5.41) is 7.68. The van der Waals surface area contributed by atoms with Crippen LogP contribution in [-0.2, 0) is 6.42 Å². The lowest BCUT2D eigenvalue weighted by Crippen LogP contribution is -2.04. The first-order valence-electron chi connectivity index (χ1n) is 4.97. The fourth-order valence-corrected chi connectivity index (χ4v) is 1.30. The molecule has 1 unspecified atom stereocenters. The second kappa shape index (κ2) is 4.40. The van der Waals surface area contributed by atoms with E-state index in [1.807, 2.05) is 0 Å². The molecule has 16 heavy (non-hydrogen) atoms. The molecular formula is C11H12FN3O. The number of hydrogen-bond acceptors (Lipinski definition) is 4. The maximum absolute atomic E-state index is 12.7. The summed E-state index contributed by atoms with van der Waals surface area (Å²) in [6.07, 6.45) is 0.486. The molecule has 0 spiro atoms. The third-order valence-electron chi connectivity index (χ3n) is 2.14. The molecule has 1 aromatic heterocycles. The summed E-state index contributed by atoms with van der Waals surface area (Å²) in [7, 11) is 0. The molecule has 0 bridgehead atoms. The Morgan fingerprint density at radius 1 is 1.31 bits per heavy atom. The third kappa shape index (κ3) is 2.43. The van der Waals surface area contributed by atoms with Crippen LogP contribution in [0.2, 0.25) is 0 Å². The second-order valence-corrected chi connectivity index (χ2v) is 3.63. The Hall–Kier alpha value is -1.75. The van der Waals surface area contributed by atoms with E-state index in [4.69, 9.17) is 10.2 Å². The van der Waals surface area contributed by atoms with Crippen LogP contribution in [0.3, 0.4) is 0 Å². The quantitative estimate of drug-likeness (QED) is 0.858. The van der Waals surface area contributed by atoms with E-state index in [2.05, 4.69) is 10.2 Å². The fraction of sp³-hybridized carbons (Fsp3) is 0.273. The van der Waals surface area contributed by atoms with Crippen molar-refractivity contribution in [3.05, 3.63) is 47.4 Å². The number of aromatic nitrogens is 2. The molecular weight excluding hydrogens is 209 g/mol. The van der Waals surface area contributed by atoms with Crippen molar-refractivity contribution in [3.63, 3.8) is 0 Å². The van der Waals surface area contributed by atoms with Crippen molar-refractivity contribution < 1.29 is 8.81 Å². The summed E-state index contributed by atoms with van der Waals surface area (Å²) < 4.78 is 18.0. The molecule has 0 saturated carbocycles. The first kappa shape index (κ1) is 10.8. The summed E-state index contributed by atoms with van der Waals surface area (Å²) in [5.74, 6) is 0.640. The van der Waals surface area contributed by atoms with Crippen molar-refractivity contribution in [1.82, 2.24) is 10.2 Å². The SMILES string of the molecule is CC(N)c1nnc(Cc2ccc(F)cc2)o1. The second-order valence-electron chi connectivity index (χ2n) is 3.63. The molecule has 0 fully saturated rings. The Labute approximate surface area is 92.3 Å². The van der Waals surface area contributed by atoms with Gasteiger partial charge in [0, 0.05) is 0 Å². The number of benzene rings is 1. The average Bonchev–Trinajstić information content (AvgIpc) is 2.70. The van der Waals surface area contributed by atoms with Crippen molar-refractivity contribution in [2.24, 2.45) is 5.73 Å². The van der Waals surface area contributed by atoms with Crippen LogP contribution < -0.4 is 5.73 Å². The highest BCUT2D eigenvalue weighted by Gasteiger charge is 2.10. The Kier molecular flexibility index (Phi) is 2.96. The molecule has 0 amide bonds. The van der Waals surface area contributed by atoms with Crippen LogP contribution in [-0.4, -0.2) is 10.2 Å². The summed E-state index contributed by atoms with van der Waals surface area (Å²) in [6.45, 7) is 1.77. The van der Waals surface area contributed by atoms with Gasteiger partial charge in [-0.05, 0) is 24.6 Å². The van der Waals surface area contributed by atoms with Gasteiger partial charge >= 0.3 is 0 Å². The van der Waals surface area contributed by atoms with E-state index in [0.717, 1.165) is 5.56 Å². The Morgan fingerprint density at radius 2 is 2.00 bits per heavy atom. The Balaban J connectivity index is 2.11. The van der Waals surface area contributed by atoms with E-state index in [0.29, 0.717) is 18.2 Å². The van der Waals surface area contributed by atoms with Crippen LogP contribution in [0.5, 0.6) is 0 Å². The van der Waals surface area contributed by atoms with E-state index >= 15 is 0 Å². The van der Waals surface area contributed by atoms with E-state index in [9.17, 15) is 4.39 Å². The maximum atomic E-state index is 12.7. The standard InChI is InChI=1S/C11H12FN3O/c1-7(13)11-15-14-10(16-11)6-8-2-4-9(12)5-3-8/h2-5,7H,6,13H2,1H3. The molecule has 2 N–H and O–H groups in total. The highest BCUT2D eigenvalue weighted by molar-refractivity contribution is 5.18. The zero-order chi connectivity index (χ0) is 11.5. The summed E-state index contributed by atoms with van der Waals surface area (Å²) in [5.41, 5.74) is 6.51. The molecule has 5 heteroatoms. The number of rotatable bonds is 3. The maximum Gasteiger partial charge on any atom is 0.232 e. The van der Waals surface area contributed by atoms with Gasteiger partial charge in [-0.3, -0.25) is 0 Å². The highest BCUT2D eigenvalue weighted by Crippen LogP contribution is 2.12. The third-order valence-corrected chi connectivity index (χ3v) is 2.14. The normalized spacial score (nSPS) is 12.7. The molecule has 84 valence electrons. The predicted molar refractivity (Wildman–Crippen MR) is 56.1 cm³/mol. The Morgan fingerprint density at radius 3 is 2.56 bits per heavy atom. The smallest absolute Gasteiger partial charge is 0.232 e. The first-order valence-corrected chi connectivity index (χ1v) is 4.97. The molecule has 1 aromatic carbocycles. The van der Waals surface area contributed by atoms with Gasteiger partial charge in [0.15, 0.2) is 0 Å². The van der Waals surface area contributed by atoms with Crippen LogP contribution in [0.15, 0.2) is 28.7 Å². The molecule has 1 atom stereocenters. The molecule has 0 aliphatic carbocycles. The lowest BCUT2D eigenvalue weighted by molar-refractivity contribution is 0.433. The van der Waals surface area contributed by atoms with E-state index < -0.39 is 0 Å². The van der Waals surface area contributed by atoms with E-state index in [1.165, 1.54) is 12.1 Å². The number of halogens is 1. The van der Waals surface area contributed by atoms with Crippen LogP contribution in [0, 0.1) is 5.82 Å². The Bertz CT molecular complexity index is 464. The van der Waals surface area contributed by atoms with Crippen molar-refractivity contribution in [2.75, 3.05) is 0 Å². The minimum Gasteiger partial charge on any atom is -0.423 e. The molecule has 0 saturated heterocycles. The summed E-state index contributed by atoms with van der Waals surface area (Å²) in [4.78, 5) is 0. The first-order chi connectivity index (χ1) is 7.65. The van der Waals surface area contributed by atoms with Gasteiger partial charge < -0.3 is 10.2 Å². The van der Waals surface area contributed by atoms with Gasteiger partial charge in [0.25, 0.3) is 0 Å². The molecule has 0 radical (unpaired) electrons. The van der Waals surface area contributed by atoms with Gasteiger partial charge in [0.1, 0.15) is 5.82 Å². The van der Waals surface area contributed by atoms with Crippen molar-refractivity contribution >= 4 is 0 Å². The van der Waals surface area contributed by atoms with E-state index in [1.54, 1.807) is 19.1 Å². The van der Waals surface area contributed by atoms with Crippen molar-refractivity contribution in [3.8, 4) is 0 Å². The lowest BCUT2D eigenvalue weighted by atomic mass is 10.1. The number of nitrogens with two attached hydrogens (primary N) is 1. The van der Waals surface area contributed by atoms with Gasteiger partial charge in [-0.2, -0.15) is 0 Å². The monoisotopic (exact) mass is 221 g/mol. The van der Waals surface area contributed by atoms with Crippen LogP contribution >= 0.6 is 0 Å². The predicted octanol–water partition coefficient (Wildman–Crippen LogP) is 1.82. The van der Waals surface area contributed by atoms with Gasteiger partial charge in [0.05, 0.1) is 12.5 Å². The zero-order valence-corrected chi connectivity index (χ0v) is 8.85. The van der Waals surface area contributed by atoms with Crippen molar-refractivity contribution in [1.29, 1.82) is 0 Å². The van der Waals surface area contributed by atoms with Crippen LogP contribution in [0.25, 0.3) is 0 Å². The van der Waals surface area contributed by atoms with E-state index in [-0.39, 0.29) is 11.9 Å². The zero-order valence-electron chi connectivity index (χ0n) is 8.85. The van der Waals surface area contributed by atoms with Crippen LogP contribution in [0.4, 0.5) is 4.39 Å². The molecule has 2 rings (SSSR count). The molecule has 2 aromatic rings. The highest BCUT2D eigenvalue weighted by atomic mass is 19.1. The minimum atomic E-state index is -0.269. The number of nitrogens with zero attached hydrogens (tertiary/aromatic N) is 2. The summed E-state index contributed by atoms with van der Waals surface area (Å²) >= 11 is 0. The average molecular weight is 221 g/mol. The minimum absolute atomic E-state index is 0.259. The van der Waals surface area contributed by atoms with Gasteiger partial charge in [0.2, 0.25) is 11.8 Å². The van der Waals surface area contributed by atoms with Crippen molar-refractivity contribution in [2.45, 2.75) is 19.4 Å². The van der Waals surface area contributed by atoms with Gasteiger partial charge in [-0.15, -0.1) is 10.2 Å². The molecule has 4 nitrogen and oxygen atoms in total. The van der Waals surface area contributed by atoms with Gasteiger partial charge in [-0.25, -0.2) is 4.39 Å². The molecule has 1 heterocycles.